The van der Waals surface area contributed by atoms with Gasteiger partial charge in [0.2, 0.25) is 0 Å². The van der Waals surface area contributed by atoms with E-state index in [1.807, 2.05) is 0 Å². The van der Waals surface area contributed by atoms with E-state index in [0.29, 0.717) is 0 Å². The minimum absolute atomic E-state index is 0.0473. The Labute approximate surface area is 93.2 Å². The molecule has 2 N–H and O–H groups in total. The quantitative estimate of drug-likeness (QED) is 0.860. The lowest BCUT2D eigenvalue weighted by Gasteiger charge is -2.13. The van der Waals surface area contributed by atoms with Gasteiger partial charge in [-0.1, -0.05) is 0 Å². The summed E-state index contributed by atoms with van der Waals surface area (Å²) in [5.41, 5.74) is 5.42. The summed E-state index contributed by atoms with van der Waals surface area (Å²) in [6.45, 7) is 1.67. The maximum absolute atomic E-state index is 13.7. The van der Waals surface area contributed by atoms with Gasteiger partial charge in [-0.25, -0.2) is 8.78 Å². The Morgan fingerprint density at radius 2 is 1.62 bits per heavy atom. The molecule has 0 heterocycles. The lowest BCUT2D eigenvalue weighted by atomic mass is 10.1. The molecular weight excluding hydrogens is 216 g/mol. The van der Waals surface area contributed by atoms with Crippen molar-refractivity contribution in [1.82, 2.24) is 0 Å². The van der Waals surface area contributed by atoms with Gasteiger partial charge in [0, 0.05) is 17.7 Å². The molecule has 1 aromatic rings. The lowest BCUT2D eigenvalue weighted by molar-refractivity contribution is 0.352. The summed E-state index contributed by atoms with van der Waals surface area (Å²) in [6, 6.07) is 0.829. The number of halogens is 2. The van der Waals surface area contributed by atoms with Gasteiger partial charge in [-0.15, -0.1) is 0 Å². The highest BCUT2D eigenvalue weighted by Gasteiger charge is 2.20. The van der Waals surface area contributed by atoms with Gasteiger partial charge in [0.05, 0.1) is 14.2 Å². The molecule has 1 aromatic carbocycles. The third-order valence-electron chi connectivity index (χ3n) is 2.19. The van der Waals surface area contributed by atoms with Gasteiger partial charge in [-0.3, -0.25) is 0 Å². The highest BCUT2D eigenvalue weighted by molar-refractivity contribution is 5.42. The van der Waals surface area contributed by atoms with Crippen LogP contribution in [-0.2, 0) is 6.42 Å². The summed E-state index contributed by atoms with van der Waals surface area (Å²) in [4.78, 5) is 0. The Kier molecular flexibility index (Phi) is 4.06. The van der Waals surface area contributed by atoms with Gasteiger partial charge in [-0.05, 0) is 13.3 Å². The smallest absolute Gasteiger partial charge is 0.171 e. The van der Waals surface area contributed by atoms with E-state index in [1.54, 1.807) is 6.92 Å². The summed E-state index contributed by atoms with van der Waals surface area (Å²) < 4.78 is 37.1. The maximum Gasteiger partial charge on any atom is 0.171 e. The Balaban J connectivity index is 3.31. The summed E-state index contributed by atoms with van der Waals surface area (Å²) in [7, 11) is 2.62. The van der Waals surface area contributed by atoms with Crippen LogP contribution in [0.25, 0.3) is 0 Å². The number of methoxy groups -OCH3 is 2. The number of nitrogens with two attached hydrogens (primary N) is 1. The van der Waals surface area contributed by atoms with Crippen molar-refractivity contribution in [3.8, 4) is 11.5 Å². The van der Waals surface area contributed by atoms with Crippen LogP contribution in [0.2, 0.25) is 0 Å². The number of hydrogen-bond acceptors (Lipinski definition) is 3. The fourth-order valence-corrected chi connectivity index (χ4v) is 1.44. The molecule has 0 spiro atoms. The lowest BCUT2D eigenvalue weighted by Crippen LogP contribution is -2.20. The van der Waals surface area contributed by atoms with Crippen LogP contribution >= 0.6 is 0 Å². The van der Waals surface area contributed by atoms with Crippen LogP contribution < -0.4 is 15.2 Å². The molecule has 1 atom stereocenters. The van der Waals surface area contributed by atoms with E-state index in [1.165, 1.54) is 20.3 Å². The third-order valence-corrected chi connectivity index (χ3v) is 2.19. The molecule has 0 amide bonds. The monoisotopic (exact) mass is 231 g/mol. The average Bonchev–Trinajstić information content (AvgIpc) is 2.24. The molecule has 3 nitrogen and oxygen atoms in total. The molecule has 0 aromatic heterocycles. The predicted octanol–water partition coefficient (Wildman–Crippen LogP) is 1.87. The van der Waals surface area contributed by atoms with Crippen molar-refractivity contribution in [3.05, 3.63) is 23.3 Å². The minimum atomic E-state index is -0.724. The van der Waals surface area contributed by atoms with Crippen LogP contribution in [0, 0.1) is 11.6 Å². The first-order valence-corrected chi connectivity index (χ1v) is 4.85. The van der Waals surface area contributed by atoms with E-state index in [-0.39, 0.29) is 29.5 Å². The fourth-order valence-electron chi connectivity index (χ4n) is 1.44. The average molecular weight is 231 g/mol. The molecule has 1 rings (SSSR count). The van der Waals surface area contributed by atoms with Crippen LogP contribution in [-0.4, -0.2) is 20.3 Å². The van der Waals surface area contributed by atoms with Gasteiger partial charge in [0.1, 0.15) is 0 Å². The zero-order chi connectivity index (χ0) is 12.3. The zero-order valence-corrected chi connectivity index (χ0v) is 9.51. The fraction of sp³-hybridized carbons (Fsp3) is 0.455. The summed E-state index contributed by atoms with van der Waals surface area (Å²) in [5.74, 6) is -1.54. The molecule has 16 heavy (non-hydrogen) atoms. The molecule has 90 valence electrons. The van der Waals surface area contributed by atoms with Gasteiger partial charge in [-0.2, -0.15) is 0 Å². The second-order valence-electron chi connectivity index (χ2n) is 3.57. The van der Waals surface area contributed by atoms with Crippen LogP contribution in [0.1, 0.15) is 12.5 Å². The summed E-state index contributed by atoms with van der Waals surface area (Å²) in [6.07, 6.45) is 0.0885. The molecule has 5 heteroatoms. The Bertz CT molecular complexity index is 352. The topological polar surface area (TPSA) is 44.5 Å². The molecule has 1 unspecified atom stereocenters. The van der Waals surface area contributed by atoms with Gasteiger partial charge in [0.15, 0.2) is 23.1 Å². The Hall–Kier alpha value is -1.36. The van der Waals surface area contributed by atoms with E-state index in [9.17, 15) is 8.78 Å². The molecule has 0 aliphatic carbocycles. The molecule has 0 aliphatic heterocycles. The van der Waals surface area contributed by atoms with E-state index >= 15 is 0 Å². The molecule has 0 fully saturated rings. The Morgan fingerprint density at radius 1 is 1.19 bits per heavy atom. The molecule has 0 saturated heterocycles. The third kappa shape index (κ3) is 2.41. The number of ether oxygens (including phenoxy) is 2. The maximum atomic E-state index is 13.7. The molecule has 0 radical (unpaired) electrons. The highest BCUT2D eigenvalue weighted by Crippen LogP contribution is 2.31. The zero-order valence-electron chi connectivity index (χ0n) is 9.51. The first-order chi connectivity index (χ1) is 7.51. The van der Waals surface area contributed by atoms with Crippen molar-refractivity contribution in [2.45, 2.75) is 19.4 Å². The predicted molar refractivity (Wildman–Crippen MR) is 56.8 cm³/mol. The van der Waals surface area contributed by atoms with Crippen LogP contribution in [0.4, 0.5) is 8.78 Å². The SMILES string of the molecule is COc1cc(OC)c(F)c(CC(C)N)c1F. The second kappa shape index (κ2) is 5.12. The number of rotatable bonds is 4. The van der Waals surface area contributed by atoms with E-state index in [0.717, 1.165) is 0 Å². The van der Waals surface area contributed by atoms with Crippen LogP contribution in [0.5, 0.6) is 11.5 Å². The minimum Gasteiger partial charge on any atom is -0.494 e. The first kappa shape index (κ1) is 12.7. The largest absolute Gasteiger partial charge is 0.494 e. The van der Waals surface area contributed by atoms with E-state index < -0.39 is 11.6 Å². The van der Waals surface area contributed by atoms with Crippen molar-refractivity contribution in [2.24, 2.45) is 5.73 Å². The van der Waals surface area contributed by atoms with E-state index in [4.69, 9.17) is 15.2 Å². The van der Waals surface area contributed by atoms with Crippen LogP contribution in [0.15, 0.2) is 6.07 Å². The molecule has 0 bridgehead atoms. The standard InChI is InChI=1S/C11H15F2NO2/c1-6(14)4-7-10(12)8(15-2)5-9(16-3)11(7)13/h5-6H,4,14H2,1-3H3. The van der Waals surface area contributed by atoms with Crippen molar-refractivity contribution in [2.75, 3.05) is 14.2 Å². The van der Waals surface area contributed by atoms with Crippen molar-refractivity contribution >= 4 is 0 Å². The van der Waals surface area contributed by atoms with E-state index in [2.05, 4.69) is 0 Å². The molecular formula is C11H15F2NO2. The number of hydrogen-bond donors (Lipinski definition) is 1. The number of benzene rings is 1. The van der Waals surface area contributed by atoms with Crippen molar-refractivity contribution in [1.29, 1.82) is 0 Å². The highest BCUT2D eigenvalue weighted by atomic mass is 19.1. The van der Waals surface area contributed by atoms with Crippen LogP contribution in [0.3, 0.4) is 0 Å². The normalized spacial score (nSPS) is 12.4. The van der Waals surface area contributed by atoms with Gasteiger partial charge >= 0.3 is 0 Å². The van der Waals surface area contributed by atoms with Gasteiger partial charge in [0.25, 0.3) is 0 Å². The first-order valence-electron chi connectivity index (χ1n) is 4.85. The summed E-state index contributed by atoms with van der Waals surface area (Å²) in [5, 5.41) is 0. The Morgan fingerprint density at radius 3 is 1.94 bits per heavy atom. The second-order valence-corrected chi connectivity index (χ2v) is 3.57. The van der Waals surface area contributed by atoms with Crippen molar-refractivity contribution < 1.29 is 18.3 Å². The molecule has 0 saturated carbocycles. The van der Waals surface area contributed by atoms with Gasteiger partial charge < -0.3 is 15.2 Å². The molecule has 0 aliphatic rings. The summed E-state index contributed by atoms with van der Waals surface area (Å²) >= 11 is 0. The van der Waals surface area contributed by atoms with Crippen molar-refractivity contribution in [3.63, 3.8) is 0 Å².